The summed E-state index contributed by atoms with van der Waals surface area (Å²) < 4.78 is 7.72. The molecule has 0 amide bonds. The molecule has 470 valence electrons. The zero-order valence-corrected chi connectivity index (χ0v) is 57.4. The average Bonchev–Trinajstić information content (AvgIpc) is 1.24. The van der Waals surface area contributed by atoms with E-state index < -0.39 is 5.41 Å². The van der Waals surface area contributed by atoms with Crippen LogP contribution >= 0.6 is 0 Å². The molecule has 0 N–H and O–H groups in total. The molecule has 0 fully saturated rings. The third kappa shape index (κ3) is 8.78. The third-order valence-electron chi connectivity index (χ3n) is 21.8. The first-order valence-corrected chi connectivity index (χ1v) is 36.6. The van der Waals surface area contributed by atoms with Crippen LogP contribution in [0.5, 0.6) is 0 Å². The van der Waals surface area contributed by atoms with Crippen molar-refractivity contribution in [3.05, 3.63) is 374 Å². The molecule has 0 radical (unpaired) electrons. The first-order valence-electron chi connectivity index (χ1n) is 34.9. The van der Waals surface area contributed by atoms with Crippen molar-refractivity contribution >= 4 is 108 Å². The second-order valence-electron chi connectivity index (χ2n) is 28.2. The molecule has 17 aromatic rings. The quantitative estimate of drug-likeness (QED) is 0.131. The third-order valence-corrected chi connectivity index (χ3v) is 24.3. The van der Waals surface area contributed by atoms with Gasteiger partial charge in [0.05, 0.1) is 0 Å². The van der Waals surface area contributed by atoms with Crippen LogP contribution in [0.4, 0.5) is 17.1 Å². The van der Waals surface area contributed by atoms with Crippen molar-refractivity contribution in [3.8, 4) is 67.0 Å². The standard InChI is InChI=1S/C95H66BN3Se/c1-94(2,3)69-59-75(61-28-10-4-11-29-61)92(76(60-69)62-30-12-5-13-31-62)99-87-56-65(63-47-52-85-77(54-63)72-40-23-26-44-83(72)97(85)70-36-18-8-19-37-70)46-50-81(87)96-82-51-49-80-90(74-42-22-25-43-79(74)95(80,67-32-14-6-15-33-67)68-34-16-7-17-35-68)93(82)100-89-58-66(57-88(99)91(89)96)64-48-53-86-78(55-64)73-41-24-27-45-84(73)98(86)71-38-20-9-21-39-71/h4-60H,1-3H3. The maximum atomic E-state index is 2.74. The fourth-order valence-electron chi connectivity index (χ4n) is 17.3. The Hall–Kier alpha value is -11.7. The van der Waals surface area contributed by atoms with Gasteiger partial charge in [-0.3, -0.25) is 0 Å². The molecule has 15 aromatic carbocycles. The van der Waals surface area contributed by atoms with Gasteiger partial charge in [0.25, 0.3) is 0 Å². The van der Waals surface area contributed by atoms with Gasteiger partial charge in [0, 0.05) is 5.69 Å². The fraction of sp³-hybridized carbons (Fsp3) is 0.0526. The Morgan fingerprint density at radius 1 is 0.330 bits per heavy atom. The van der Waals surface area contributed by atoms with Crippen LogP contribution in [0.15, 0.2) is 346 Å². The van der Waals surface area contributed by atoms with Crippen LogP contribution in [0, 0.1) is 0 Å². The number of anilines is 3. The van der Waals surface area contributed by atoms with Gasteiger partial charge in [0.1, 0.15) is 0 Å². The van der Waals surface area contributed by atoms with Crippen molar-refractivity contribution in [2.45, 2.75) is 31.6 Å². The molecule has 2 aliphatic heterocycles. The first kappa shape index (κ1) is 58.4. The van der Waals surface area contributed by atoms with E-state index in [1.807, 2.05) is 0 Å². The molecule has 100 heavy (non-hydrogen) atoms. The molecule has 0 atom stereocenters. The number of fused-ring (bicyclic) bond motifs is 14. The second kappa shape index (κ2) is 22.7. The van der Waals surface area contributed by atoms with Gasteiger partial charge in [-0.05, 0) is 18.2 Å². The van der Waals surface area contributed by atoms with E-state index in [4.69, 9.17) is 0 Å². The van der Waals surface area contributed by atoms with Crippen LogP contribution in [0.25, 0.3) is 111 Å². The minimum absolute atomic E-state index is 0.113. The molecule has 0 unspecified atom stereocenters. The summed E-state index contributed by atoms with van der Waals surface area (Å²) in [5.74, 6) is 0. The number of aromatic nitrogens is 2. The van der Waals surface area contributed by atoms with Crippen LogP contribution in [0.1, 0.15) is 48.6 Å². The van der Waals surface area contributed by atoms with Gasteiger partial charge in [-0.2, -0.15) is 0 Å². The van der Waals surface area contributed by atoms with Gasteiger partial charge in [0.15, 0.2) is 0 Å². The van der Waals surface area contributed by atoms with E-state index in [9.17, 15) is 0 Å². The van der Waals surface area contributed by atoms with E-state index in [2.05, 4.69) is 381 Å². The molecule has 2 aromatic heterocycles. The molecule has 3 aliphatic rings. The molecular weight excluding hydrogens is 1270 g/mol. The fourth-order valence-corrected chi connectivity index (χ4v) is 20.2. The monoisotopic (exact) mass is 1340 g/mol. The predicted molar refractivity (Wildman–Crippen MR) is 424 cm³/mol. The topological polar surface area (TPSA) is 13.1 Å². The molecule has 1 aliphatic carbocycles. The second-order valence-corrected chi connectivity index (χ2v) is 30.4. The van der Waals surface area contributed by atoms with Crippen molar-refractivity contribution in [2.75, 3.05) is 4.90 Å². The maximum absolute atomic E-state index is 2.74. The van der Waals surface area contributed by atoms with E-state index >= 15 is 0 Å². The number of para-hydroxylation sites is 4. The van der Waals surface area contributed by atoms with Crippen LogP contribution in [-0.2, 0) is 10.8 Å². The molecule has 5 heteroatoms. The molecule has 0 saturated heterocycles. The van der Waals surface area contributed by atoms with Crippen molar-refractivity contribution in [1.29, 1.82) is 0 Å². The van der Waals surface area contributed by atoms with Gasteiger partial charge in [-0.1, -0.05) is 30.3 Å². The van der Waals surface area contributed by atoms with Crippen LogP contribution in [0.2, 0.25) is 0 Å². The first-order chi connectivity index (χ1) is 49.3. The minimum atomic E-state index is -0.549. The number of nitrogens with zero attached hydrogens (tertiary/aromatic N) is 3. The molecule has 0 saturated carbocycles. The van der Waals surface area contributed by atoms with Crippen LogP contribution < -0.4 is 30.2 Å². The summed E-state index contributed by atoms with van der Waals surface area (Å²) in [4.78, 5) is 2.74. The Bertz CT molecular complexity index is 6050. The summed E-state index contributed by atoms with van der Waals surface area (Å²) in [6.45, 7) is 6.97. The van der Waals surface area contributed by atoms with Gasteiger partial charge in [-0.25, -0.2) is 0 Å². The van der Waals surface area contributed by atoms with Crippen LogP contribution in [-0.4, -0.2) is 30.8 Å². The summed E-state index contributed by atoms with van der Waals surface area (Å²) in [5.41, 5.74) is 32.7. The Kier molecular flexibility index (Phi) is 13.3. The Morgan fingerprint density at radius 2 is 0.780 bits per heavy atom. The van der Waals surface area contributed by atoms with Gasteiger partial charge in [0.2, 0.25) is 0 Å². The SMILES string of the molecule is CC(C)(C)c1cc(-c2ccccc2)c(N2c3cc(-c4ccc5c(c4)c4ccccc4n5-c4ccccc4)ccc3B3c4ccc5c(c4[Se]c4cc(-c6ccc7c(c6)c6ccccc6n7-c6ccccc6)cc2c43)-c2ccccc2C5(c2ccccc2)c2ccccc2)c(-c2ccccc2)c1. The predicted octanol–water partition coefficient (Wildman–Crippen LogP) is 20.5. The summed E-state index contributed by atoms with van der Waals surface area (Å²) >= 11 is -0.181. The molecule has 0 bridgehead atoms. The number of rotatable bonds is 9. The van der Waals surface area contributed by atoms with Crippen molar-refractivity contribution in [2.24, 2.45) is 0 Å². The molecule has 3 nitrogen and oxygen atoms in total. The van der Waals surface area contributed by atoms with Crippen LogP contribution in [0.3, 0.4) is 0 Å². The zero-order chi connectivity index (χ0) is 66.4. The molecular formula is C95H66BN3Se. The summed E-state index contributed by atoms with van der Waals surface area (Å²) in [5, 5.41) is 4.93. The Balaban J connectivity index is 0.910. The van der Waals surface area contributed by atoms with E-state index in [-0.39, 0.29) is 27.1 Å². The number of benzene rings is 15. The molecule has 20 rings (SSSR count). The summed E-state index contributed by atoms with van der Waals surface area (Å²) in [7, 11) is 0. The normalized spacial score (nSPS) is 13.3. The number of hydrogen-bond acceptors (Lipinski definition) is 1. The Morgan fingerprint density at radius 3 is 1.34 bits per heavy atom. The summed E-state index contributed by atoms with van der Waals surface area (Å²) in [6, 6.07) is 131. The van der Waals surface area contributed by atoms with Gasteiger partial charge < -0.3 is 0 Å². The Labute approximate surface area is 589 Å². The van der Waals surface area contributed by atoms with E-state index in [1.165, 1.54) is 164 Å². The molecule has 4 heterocycles. The average molecular weight is 1340 g/mol. The van der Waals surface area contributed by atoms with Crippen molar-refractivity contribution < 1.29 is 0 Å². The van der Waals surface area contributed by atoms with Crippen molar-refractivity contribution in [1.82, 2.24) is 9.13 Å². The van der Waals surface area contributed by atoms with Gasteiger partial charge >= 0.3 is 540 Å². The van der Waals surface area contributed by atoms with E-state index in [1.54, 1.807) is 0 Å². The van der Waals surface area contributed by atoms with Gasteiger partial charge in [-0.15, -0.1) is 0 Å². The van der Waals surface area contributed by atoms with E-state index in [0.717, 1.165) is 16.9 Å². The molecule has 0 spiro atoms. The number of hydrogen-bond donors (Lipinski definition) is 0. The van der Waals surface area contributed by atoms with E-state index in [0.29, 0.717) is 0 Å². The summed E-state index contributed by atoms with van der Waals surface area (Å²) in [6.07, 6.45) is 0. The zero-order valence-electron chi connectivity index (χ0n) is 55.7. The van der Waals surface area contributed by atoms with Crippen molar-refractivity contribution in [3.63, 3.8) is 0 Å².